The van der Waals surface area contributed by atoms with Gasteiger partial charge in [-0.25, -0.2) is 4.39 Å². The van der Waals surface area contributed by atoms with Crippen molar-refractivity contribution in [2.45, 2.75) is 88.0 Å². The molecule has 2 aromatic rings. The van der Waals surface area contributed by atoms with E-state index in [9.17, 15) is 30.3 Å². The highest BCUT2D eigenvalue weighted by Crippen LogP contribution is 2.35. The van der Waals surface area contributed by atoms with Gasteiger partial charge >= 0.3 is 0 Å². The van der Waals surface area contributed by atoms with E-state index >= 15 is 4.39 Å². The number of ether oxygens (including phenoxy) is 4. The molecular formula is C31H36ClFN2O11. The van der Waals surface area contributed by atoms with Crippen LogP contribution in [0.1, 0.15) is 31.9 Å². The van der Waals surface area contributed by atoms with Crippen LogP contribution in [0.4, 0.5) is 4.39 Å². The maximum Gasteiger partial charge on any atom is 0.247 e. The number of halogens is 2. The van der Waals surface area contributed by atoms with E-state index in [-0.39, 0.29) is 36.0 Å². The van der Waals surface area contributed by atoms with E-state index in [0.717, 1.165) is 11.6 Å². The number of amides is 1. The largest absolute Gasteiger partial charge is 0.459 e. The van der Waals surface area contributed by atoms with Crippen molar-refractivity contribution >= 4 is 29.3 Å². The molecule has 2 aromatic carbocycles. The first kappa shape index (κ1) is 34.2. The van der Waals surface area contributed by atoms with Gasteiger partial charge in [0.05, 0.1) is 11.8 Å². The third-order valence-electron chi connectivity index (χ3n) is 8.21. The van der Waals surface area contributed by atoms with Gasteiger partial charge in [0.25, 0.3) is 0 Å². The standard InChI is InChI=1S/C31H36ClFN2O11/c1-14(29(40)34-21-22(36)24(38)27-26(23(21)37)42-13-43-27)9-16-7-8-20(19(33)11-16)45-30-31(3,41)28(39)25(46-30)15(2)35-44-12-17-5-4-6-18(32)10-17/h4-11,21-28,30,36-39,41H,12-13H2,1-3H3,(H,34,40)/t21-,22+,23-,24-,25-,26+,27-,28+,30-,31-/m1/s1. The van der Waals surface area contributed by atoms with Gasteiger partial charge in [0, 0.05) is 10.6 Å². The molecule has 1 saturated carbocycles. The molecule has 1 aliphatic carbocycles. The summed E-state index contributed by atoms with van der Waals surface area (Å²) in [5, 5.41) is 60.1. The molecule has 3 aliphatic rings. The van der Waals surface area contributed by atoms with Gasteiger partial charge in [-0.05, 0) is 62.2 Å². The molecule has 3 fully saturated rings. The number of oxime groups is 1. The van der Waals surface area contributed by atoms with Crippen LogP contribution in [0, 0.1) is 5.82 Å². The Morgan fingerprint density at radius 3 is 2.52 bits per heavy atom. The van der Waals surface area contributed by atoms with Gasteiger partial charge < -0.3 is 54.6 Å². The Kier molecular flexibility index (Phi) is 10.3. The average Bonchev–Trinajstić information content (AvgIpc) is 3.59. The van der Waals surface area contributed by atoms with E-state index in [0.29, 0.717) is 5.02 Å². The van der Waals surface area contributed by atoms with Crippen molar-refractivity contribution in [1.29, 1.82) is 0 Å². The van der Waals surface area contributed by atoms with Crippen LogP contribution in [-0.2, 0) is 30.4 Å². The van der Waals surface area contributed by atoms with E-state index in [4.69, 9.17) is 35.4 Å². The van der Waals surface area contributed by atoms with Crippen molar-refractivity contribution < 1.29 is 58.5 Å². The van der Waals surface area contributed by atoms with Crippen molar-refractivity contribution in [3.05, 3.63) is 70.0 Å². The van der Waals surface area contributed by atoms with Crippen molar-refractivity contribution in [2.75, 3.05) is 6.79 Å². The maximum atomic E-state index is 15.1. The fourth-order valence-corrected chi connectivity index (χ4v) is 5.72. The second-order valence-electron chi connectivity index (χ2n) is 11.7. The van der Waals surface area contributed by atoms with Gasteiger partial charge in [-0.15, -0.1) is 0 Å². The number of hydrogen-bond acceptors (Lipinski definition) is 12. The van der Waals surface area contributed by atoms with Crippen LogP contribution in [0.3, 0.4) is 0 Å². The predicted molar refractivity (Wildman–Crippen MR) is 160 cm³/mol. The number of aliphatic hydroxyl groups is 5. The second-order valence-corrected chi connectivity index (χ2v) is 12.1. The summed E-state index contributed by atoms with van der Waals surface area (Å²) >= 11 is 5.98. The van der Waals surface area contributed by atoms with E-state index in [1.165, 1.54) is 39.0 Å². The zero-order valence-electron chi connectivity index (χ0n) is 25.1. The predicted octanol–water partition coefficient (Wildman–Crippen LogP) is 1.01. The van der Waals surface area contributed by atoms with Crippen LogP contribution >= 0.6 is 11.6 Å². The van der Waals surface area contributed by atoms with Crippen LogP contribution in [0.15, 0.2) is 53.2 Å². The van der Waals surface area contributed by atoms with Gasteiger partial charge in [-0.3, -0.25) is 4.79 Å². The smallest absolute Gasteiger partial charge is 0.247 e. The number of carbonyl (C=O) groups is 1. The van der Waals surface area contributed by atoms with Gasteiger partial charge in [0.15, 0.2) is 17.2 Å². The zero-order valence-corrected chi connectivity index (χ0v) is 25.9. The highest BCUT2D eigenvalue weighted by Gasteiger charge is 2.55. The minimum Gasteiger partial charge on any atom is -0.459 e. The number of hydrogen-bond donors (Lipinski definition) is 6. The van der Waals surface area contributed by atoms with Gasteiger partial charge in [-0.2, -0.15) is 0 Å². The fraction of sp³-hybridized carbons (Fsp3) is 0.484. The average molecular weight is 667 g/mol. The highest BCUT2D eigenvalue weighted by atomic mass is 35.5. The Balaban J connectivity index is 1.21. The van der Waals surface area contributed by atoms with Crippen molar-refractivity contribution in [2.24, 2.45) is 5.16 Å². The number of nitrogens with zero attached hydrogens (tertiary/aromatic N) is 1. The summed E-state index contributed by atoms with van der Waals surface area (Å²) in [6.45, 7) is 4.20. The molecule has 0 bridgehead atoms. The second kappa shape index (κ2) is 13.9. The third kappa shape index (κ3) is 7.05. The number of fused-ring (bicyclic) bond motifs is 1. The van der Waals surface area contributed by atoms with Gasteiger partial charge in [-0.1, -0.05) is 35.0 Å². The monoisotopic (exact) mass is 666 g/mol. The first-order valence-corrected chi connectivity index (χ1v) is 14.8. The molecule has 0 aromatic heterocycles. The molecule has 10 atom stereocenters. The molecule has 0 unspecified atom stereocenters. The number of nitrogens with one attached hydrogen (secondary N) is 1. The molecule has 2 saturated heterocycles. The molecule has 15 heteroatoms. The van der Waals surface area contributed by atoms with E-state index in [2.05, 4.69) is 10.5 Å². The molecule has 2 heterocycles. The SMILES string of the molecule is CC(=Cc1ccc(O[C@@H]2O[C@H](C(C)=NOCc3cccc(Cl)c3)[C@H](O)[C@@]2(C)O)c(F)c1)C(=O)N[C@@H]1[C@H](O)[C@@H](O)[C@H]2OCO[C@H]2[C@@H]1O. The summed E-state index contributed by atoms with van der Waals surface area (Å²) in [5.74, 6) is -1.82. The lowest BCUT2D eigenvalue weighted by Crippen LogP contribution is -2.67. The van der Waals surface area contributed by atoms with Crippen LogP contribution in [0.25, 0.3) is 6.08 Å². The molecule has 5 rings (SSSR count). The van der Waals surface area contributed by atoms with Crippen LogP contribution in [-0.4, -0.2) is 105 Å². The molecule has 2 aliphatic heterocycles. The zero-order chi connectivity index (χ0) is 33.3. The third-order valence-corrected chi connectivity index (χ3v) is 8.44. The molecule has 0 spiro atoms. The van der Waals surface area contributed by atoms with Crippen molar-refractivity contribution in [3.63, 3.8) is 0 Å². The molecule has 46 heavy (non-hydrogen) atoms. The first-order chi connectivity index (χ1) is 21.8. The summed E-state index contributed by atoms with van der Waals surface area (Å²) < 4.78 is 37.0. The first-order valence-electron chi connectivity index (χ1n) is 14.5. The molecule has 0 radical (unpaired) electrons. The lowest BCUT2D eigenvalue weighted by atomic mass is 9.83. The summed E-state index contributed by atoms with van der Waals surface area (Å²) in [6, 6.07) is 9.55. The van der Waals surface area contributed by atoms with Crippen LogP contribution in [0.2, 0.25) is 5.02 Å². The Labute approximate surface area is 268 Å². The molecule has 1 amide bonds. The minimum absolute atomic E-state index is 0.100. The van der Waals surface area contributed by atoms with Crippen molar-refractivity contribution in [3.8, 4) is 5.75 Å². The fourth-order valence-electron chi connectivity index (χ4n) is 5.51. The van der Waals surface area contributed by atoms with E-state index in [1.54, 1.807) is 24.3 Å². The summed E-state index contributed by atoms with van der Waals surface area (Å²) in [5.41, 5.74) is -0.600. The summed E-state index contributed by atoms with van der Waals surface area (Å²) in [6.07, 6.45) is -8.83. The topological polar surface area (TPSA) is 189 Å². The summed E-state index contributed by atoms with van der Waals surface area (Å²) in [7, 11) is 0. The highest BCUT2D eigenvalue weighted by molar-refractivity contribution is 6.30. The number of benzene rings is 2. The lowest BCUT2D eigenvalue weighted by Gasteiger charge is -2.41. The Bertz CT molecular complexity index is 1490. The number of aliphatic hydroxyl groups excluding tert-OH is 4. The van der Waals surface area contributed by atoms with E-state index < -0.39 is 72.4 Å². The molecular weight excluding hydrogens is 631 g/mol. The molecule has 250 valence electrons. The summed E-state index contributed by atoms with van der Waals surface area (Å²) in [4.78, 5) is 18.2. The van der Waals surface area contributed by atoms with Gasteiger partial charge in [0.1, 0.15) is 56.1 Å². The van der Waals surface area contributed by atoms with Crippen molar-refractivity contribution in [1.82, 2.24) is 5.32 Å². The maximum absolute atomic E-state index is 15.1. The number of carbonyl (C=O) groups excluding carboxylic acids is 1. The Hall–Kier alpha value is -3.18. The van der Waals surface area contributed by atoms with Gasteiger partial charge in [0.2, 0.25) is 12.2 Å². The van der Waals surface area contributed by atoms with E-state index in [1.807, 2.05) is 0 Å². The normalized spacial score (nSPS) is 34.7. The molecule has 6 N–H and O–H groups in total. The minimum atomic E-state index is -1.95. The van der Waals surface area contributed by atoms with Crippen LogP contribution < -0.4 is 10.1 Å². The quantitative estimate of drug-likeness (QED) is 0.127. The van der Waals surface area contributed by atoms with Crippen LogP contribution in [0.5, 0.6) is 5.75 Å². The Morgan fingerprint density at radius 1 is 1.11 bits per heavy atom. The Morgan fingerprint density at radius 2 is 1.83 bits per heavy atom. The molecule has 13 nitrogen and oxygen atoms in total. The lowest BCUT2D eigenvalue weighted by molar-refractivity contribution is -0.155. The number of rotatable bonds is 9.